The van der Waals surface area contributed by atoms with Crippen LogP contribution < -0.4 is 5.32 Å². The normalized spacial score (nSPS) is 20.8. The summed E-state index contributed by atoms with van der Waals surface area (Å²) >= 11 is 0. The van der Waals surface area contributed by atoms with E-state index in [9.17, 15) is 4.79 Å². The molecule has 0 aromatic rings. The highest BCUT2D eigenvalue weighted by Crippen LogP contribution is 2.11. The molecule has 4 nitrogen and oxygen atoms in total. The summed E-state index contributed by atoms with van der Waals surface area (Å²) in [5.41, 5.74) is 0. The van der Waals surface area contributed by atoms with E-state index in [4.69, 9.17) is 4.74 Å². The SMILES string of the molecule is CCC(C)C(CN1CCOC1=O)NC. The zero-order valence-corrected chi connectivity index (χ0v) is 9.25. The summed E-state index contributed by atoms with van der Waals surface area (Å²) in [6, 6.07) is 0.366. The fourth-order valence-corrected chi connectivity index (χ4v) is 1.67. The number of likely N-dealkylation sites (N-methyl/N-ethyl adjacent to an activating group) is 1. The van der Waals surface area contributed by atoms with Crippen molar-refractivity contribution >= 4 is 6.09 Å². The molecule has 0 aromatic heterocycles. The summed E-state index contributed by atoms with van der Waals surface area (Å²) in [6.45, 7) is 6.38. The van der Waals surface area contributed by atoms with Gasteiger partial charge in [0.2, 0.25) is 0 Å². The molecule has 1 fully saturated rings. The summed E-state index contributed by atoms with van der Waals surface area (Å²) in [5.74, 6) is 0.577. The molecule has 1 saturated heterocycles. The number of hydrogen-bond acceptors (Lipinski definition) is 3. The van der Waals surface area contributed by atoms with Crippen LogP contribution in [0.15, 0.2) is 0 Å². The van der Waals surface area contributed by atoms with Crippen LogP contribution in [0.5, 0.6) is 0 Å². The van der Waals surface area contributed by atoms with Crippen LogP contribution in [-0.2, 0) is 4.74 Å². The van der Waals surface area contributed by atoms with E-state index in [0.29, 0.717) is 18.6 Å². The van der Waals surface area contributed by atoms with Gasteiger partial charge in [-0.25, -0.2) is 4.79 Å². The van der Waals surface area contributed by atoms with E-state index in [-0.39, 0.29) is 6.09 Å². The van der Waals surface area contributed by atoms with Crippen LogP contribution >= 0.6 is 0 Å². The first-order valence-electron chi connectivity index (χ1n) is 5.28. The molecule has 14 heavy (non-hydrogen) atoms. The van der Waals surface area contributed by atoms with Crippen molar-refractivity contribution in [1.82, 2.24) is 10.2 Å². The fourth-order valence-electron chi connectivity index (χ4n) is 1.67. The van der Waals surface area contributed by atoms with Crippen LogP contribution in [0.2, 0.25) is 0 Å². The van der Waals surface area contributed by atoms with E-state index in [2.05, 4.69) is 19.2 Å². The summed E-state index contributed by atoms with van der Waals surface area (Å²) in [7, 11) is 1.94. The Bertz CT molecular complexity index is 197. The summed E-state index contributed by atoms with van der Waals surface area (Å²) < 4.78 is 4.88. The maximum absolute atomic E-state index is 11.2. The van der Waals surface area contributed by atoms with Gasteiger partial charge in [-0.2, -0.15) is 0 Å². The minimum absolute atomic E-state index is 0.173. The van der Waals surface area contributed by atoms with Crippen LogP contribution in [0.3, 0.4) is 0 Å². The van der Waals surface area contributed by atoms with Crippen molar-refractivity contribution in [2.24, 2.45) is 5.92 Å². The Morgan fingerprint density at radius 1 is 1.64 bits per heavy atom. The lowest BCUT2D eigenvalue weighted by atomic mass is 9.99. The Hall–Kier alpha value is -0.770. The molecule has 1 rings (SSSR count). The average Bonchev–Trinajstić information content (AvgIpc) is 2.59. The zero-order chi connectivity index (χ0) is 10.6. The molecule has 0 aliphatic carbocycles. The monoisotopic (exact) mass is 200 g/mol. The molecule has 2 unspecified atom stereocenters. The van der Waals surface area contributed by atoms with E-state index in [1.807, 2.05) is 7.05 Å². The van der Waals surface area contributed by atoms with Crippen molar-refractivity contribution < 1.29 is 9.53 Å². The number of nitrogens with zero attached hydrogens (tertiary/aromatic N) is 1. The second kappa shape index (κ2) is 5.20. The van der Waals surface area contributed by atoms with Gasteiger partial charge in [-0.15, -0.1) is 0 Å². The third-order valence-electron chi connectivity index (χ3n) is 2.96. The summed E-state index contributed by atoms with van der Waals surface area (Å²) in [5, 5.41) is 3.25. The quantitative estimate of drug-likeness (QED) is 0.722. The maximum atomic E-state index is 11.2. The molecule has 0 spiro atoms. The first-order chi connectivity index (χ1) is 6.69. The van der Waals surface area contributed by atoms with Crippen molar-refractivity contribution in [2.45, 2.75) is 26.3 Å². The molecule has 1 aliphatic rings. The van der Waals surface area contributed by atoms with Crippen molar-refractivity contribution in [3.8, 4) is 0 Å². The second-order valence-electron chi connectivity index (χ2n) is 3.84. The smallest absolute Gasteiger partial charge is 0.409 e. The number of hydrogen-bond donors (Lipinski definition) is 1. The lowest BCUT2D eigenvalue weighted by molar-refractivity contribution is 0.153. The molecule has 0 bridgehead atoms. The van der Waals surface area contributed by atoms with Crippen molar-refractivity contribution in [2.75, 3.05) is 26.7 Å². The van der Waals surface area contributed by atoms with Crippen LogP contribution in [0, 0.1) is 5.92 Å². The number of ether oxygens (including phenoxy) is 1. The predicted octanol–water partition coefficient (Wildman–Crippen LogP) is 1.07. The lowest BCUT2D eigenvalue weighted by Gasteiger charge is -2.26. The van der Waals surface area contributed by atoms with Crippen molar-refractivity contribution in [3.05, 3.63) is 0 Å². The van der Waals surface area contributed by atoms with E-state index < -0.39 is 0 Å². The van der Waals surface area contributed by atoms with Gasteiger partial charge in [-0.3, -0.25) is 0 Å². The van der Waals surface area contributed by atoms with Gasteiger partial charge in [-0.1, -0.05) is 20.3 Å². The van der Waals surface area contributed by atoms with Gasteiger partial charge in [0.1, 0.15) is 6.61 Å². The Labute approximate surface area is 85.6 Å². The largest absolute Gasteiger partial charge is 0.448 e. The van der Waals surface area contributed by atoms with E-state index >= 15 is 0 Å². The van der Waals surface area contributed by atoms with Gasteiger partial charge in [0.15, 0.2) is 0 Å². The highest BCUT2D eigenvalue weighted by molar-refractivity contribution is 5.69. The van der Waals surface area contributed by atoms with Crippen LogP contribution in [-0.4, -0.2) is 43.8 Å². The Morgan fingerprint density at radius 3 is 2.79 bits per heavy atom. The standard InChI is InChI=1S/C10H20N2O2/c1-4-8(2)9(11-3)7-12-5-6-14-10(12)13/h8-9,11H,4-7H2,1-3H3. The average molecular weight is 200 g/mol. The molecule has 1 amide bonds. The number of cyclic esters (lactones) is 1. The molecular formula is C10H20N2O2. The van der Waals surface area contributed by atoms with Crippen LogP contribution in [0.25, 0.3) is 0 Å². The van der Waals surface area contributed by atoms with Crippen LogP contribution in [0.1, 0.15) is 20.3 Å². The number of carbonyl (C=O) groups is 1. The lowest BCUT2D eigenvalue weighted by Crippen LogP contribution is -2.43. The molecular weight excluding hydrogens is 180 g/mol. The van der Waals surface area contributed by atoms with Gasteiger partial charge in [-0.05, 0) is 13.0 Å². The van der Waals surface area contributed by atoms with Gasteiger partial charge in [0, 0.05) is 12.6 Å². The molecule has 4 heteroatoms. The molecule has 1 N–H and O–H groups in total. The maximum Gasteiger partial charge on any atom is 0.409 e. The minimum Gasteiger partial charge on any atom is -0.448 e. The fraction of sp³-hybridized carbons (Fsp3) is 0.900. The summed E-state index contributed by atoms with van der Waals surface area (Å²) in [4.78, 5) is 13.0. The third-order valence-corrected chi connectivity index (χ3v) is 2.96. The zero-order valence-electron chi connectivity index (χ0n) is 9.25. The van der Waals surface area contributed by atoms with E-state index in [1.54, 1.807) is 4.90 Å². The van der Waals surface area contributed by atoms with Crippen LogP contribution in [0.4, 0.5) is 4.79 Å². The van der Waals surface area contributed by atoms with Crippen molar-refractivity contribution in [3.63, 3.8) is 0 Å². The first kappa shape index (κ1) is 11.3. The number of rotatable bonds is 5. The first-order valence-corrected chi connectivity index (χ1v) is 5.28. The topological polar surface area (TPSA) is 41.6 Å². The molecule has 1 heterocycles. The number of amides is 1. The highest BCUT2D eigenvalue weighted by atomic mass is 16.6. The third kappa shape index (κ3) is 2.61. The van der Waals surface area contributed by atoms with Gasteiger partial charge < -0.3 is 15.0 Å². The number of nitrogens with one attached hydrogen (secondary N) is 1. The molecule has 1 aliphatic heterocycles. The molecule has 82 valence electrons. The van der Waals surface area contributed by atoms with E-state index in [1.165, 1.54) is 0 Å². The molecule has 0 radical (unpaired) electrons. The Kier molecular flexibility index (Phi) is 4.20. The van der Waals surface area contributed by atoms with Gasteiger partial charge in [0.05, 0.1) is 6.54 Å². The highest BCUT2D eigenvalue weighted by Gasteiger charge is 2.26. The Morgan fingerprint density at radius 2 is 2.36 bits per heavy atom. The second-order valence-corrected chi connectivity index (χ2v) is 3.84. The molecule has 0 saturated carbocycles. The minimum atomic E-state index is -0.173. The summed E-state index contributed by atoms with van der Waals surface area (Å²) in [6.07, 6.45) is 0.947. The molecule has 2 atom stereocenters. The van der Waals surface area contributed by atoms with Gasteiger partial charge >= 0.3 is 6.09 Å². The number of carbonyl (C=O) groups excluding carboxylic acids is 1. The molecule has 0 aromatic carbocycles. The van der Waals surface area contributed by atoms with E-state index in [0.717, 1.165) is 19.5 Å². The predicted molar refractivity (Wildman–Crippen MR) is 55.2 cm³/mol. The van der Waals surface area contributed by atoms with Gasteiger partial charge in [0.25, 0.3) is 0 Å². The Balaban J connectivity index is 2.43. The van der Waals surface area contributed by atoms with Crippen molar-refractivity contribution in [1.29, 1.82) is 0 Å².